The van der Waals surface area contributed by atoms with Gasteiger partial charge in [0.05, 0.1) is 6.54 Å². The molecular formula is C15H20BrF2N. The van der Waals surface area contributed by atoms with E-state index < -0.39 is 5.92 Å². The normalized spacial score (nSPS) is 24.7. The first-order chi connectivity index (χ1) is 9.00. The minimum Gasteiger partial charge on any atom is -0.296 e. The lowest BCUT2D eigenvalue weighted by atomic mass is 9.94. The van der Waals surface area contributed by atoms with E-state index in [1.54, 1.807) is 25.2 Å². The van der Waals surface area contributed by atoms with Crippen LogP contribution in [0.3, 0.4) is 0 Å². The van der Waals surface area contributed by atoms with E-state index in [0.717, 1.165) is 19.3 Å². The van der Waals surface area contributed by atoms with Gasteiger partial charge in [0.25, 0.3) is 5.92 Å². The topological polar surface area (TPSA) is 3.24 Å². The van der Waals surface area contributed by atoms with Gasteiger partial charge in [0.15, 0.2) is 0 Å². The van der Waals surface area contributed by atoms with E-state index in [2.05, 4.69) is 15.9 Å². The van der Waals surface area contributed by atoms with E-state index in [1.807, 2.05) is 4.90 Å². The summed E-state index contributed by atoms with van der Waals surface area (Å²) >= 11 is 3.63. The summed E-state index contributed by atoms with van der Waals surface area (Å²) in [6, 6.07) is 8.30. The van der Waals surface area contributed by atoms with Crippen molar-refractivity contribution in [1.82, 2.24) is 4.90 Å². The number of hydrogen-bond acceptors (Lipinski definition) is 1. The summed E-state index contributed by atoms with van der Waals surface area (Å²) in [6.45, 7) is -0.218. The molecule has 0 aromatic heterocycles. The molecule has 1 saturated carbocycles. The lowest BCUT2D eigenvalue weighted by Crippen LogP contribution is -2.45. The van der Waals surface area contributed by atoms with Crippen LogP contribution in [0.1, 0.15) is 31.2 Å². The Kier molecular flexibility index (Phi) is 4.96. The molecule has 0 N–H and O–H groups in total. The van der Waals surface area contributed by atoms with Crippen LogP contribution in [-0.2, 0) is 5.92 Å². The van der Waals surface area contributed by atoms with E-state index in [9.17, 15) is 8.78 Å². The molecule has 0 bridgehead atoms. The third-order valence-electron chi connectivity index (χ3n) is 3.86. The molecule has 0 spiro atoms. The van der Waals surface area contributed by atoms with Crippen molar-refractivity contribution in [3.05, 3.63) is 35.9 Å². The Balaban J connectivity index is 2.03. The Morgan fingerprint density at radius 3 is 2.47 bits per heavy atom. The van der Waals surface area contributed by atoms with Crippen LogP contribution in [0.2, 0.25) is 0 Å². The van der Waals surface area contributed by atoms with Crippen LogP contribution < -0.4 is 0 Å². The highest BCUT2D eigenvalue weighted by molar-refractivity contribution is 9.09. The Morgan fingerprint density at radius 1 is 1.21 bits per heavy atom. The second kappa shape index (κ2) is 6.31. The van der Waals surface area contributed by atoms with Crippen molar-refractivity contribution in [1.29, 1.82) is 0 Å². The van der Waals surface area contributed by atoms with Gasteiger partial charge in [0.2, 0.25) is 0 Å². The van der Waals surface area contributed by atoms with Gasteiger partial charge in [-0.2, -0.15) is 8.78 Å². The van der Waals surface area contributed by atoms with Crippen molar-refractivity contribution in [2.45, 2.75) is 42.5 Å². The van der Waals surface area contributed by atoms with E-state index >= 15 is 0 Å². The van der Waals surface area contributed by atoms with Crippen molar-refractivity contribution in [2.24, 2.45) is 0 Å². The fraction of sp³-hybridized carbons (Fsp3) is 0.600. The van der Waals surface area contributed by atoms with E-state index in [0.29, 0.717) is 4.83 Å². The zero-order valence-corrected chi connectivity index (χ0v) is 12.7. The summed E-state index contributed by atoms with van der Waals surface area (Å²) in [5, 5.41) is 0. The van der Waals surface area contributed by atoms with Crippen LogP contribution in [0.4, 0.5) is 8.78 Å². The van der Waals surface area contributed by atoms with Gasteiger partial charge in [-0.3, -0.25) is 4.90 Å². The molecule has 1 aromatic carbocycles. The molecule has 1 fully saturated rings. The number of nitrogens with zero attached hydrogens (tertiary/aromatic N) is 1. The SMILES string of the molecule is CN(CC(F)(F)c1ccccc1)C1CCCCC1Br. The maximum atomic E-state index is 14.2. The van der Waals surface area contributed by atoms with Gasteiger partial charge in [-0.1, -0.05) is 59.1 Å². The van der Waals surface area contributed by atoms with Crippen LogP contribution in [0.25, 0.3) is 0 Å². The third kappa shape index (κ3) is 3.76. The summed E-state index contributed by atoms with van der Waals surface area (Å²) in [7, 11) is 1.81. The second-order valence-corrected chi connectivity index (χ2v) is 6.53. The average Bonchev–Trinajstić information content (AvgIpc) is 2.39. The van der Waals surface area contributed by atoms with E-state index in [4.69, 9.17) is 0 Å². The van der Waals surface area contributed by atoms with Crippen LogP contribution in [0.15, 0.2) is 30.3 Å². The second-order valence-electron chi connectivity index (χ2n) is 5.35. The monoisotopic (exact) mass is 331 g/mol. The number of benzene rings is 1. The maximum Gasteiger partial charge on any atom is 0.285 e. The minimum atomic E-state index is -2.79. The van der Waals surface area contributed by atoms with Crippen molar-refractivity contribution in [2.75, 3.05) is 13.6 Å². The predicted molar refractivity (Wildman–Crippen MR) is 77.9 cm³/mol. The molecule has 19 heavy (non-hydrogen) atoms. The predicted octanol–water partition coefficient (Wildman–Crippen LogP) is 4.42. The van der Waals surface area contributed by atoms with Crippen molar-refractivity contribution in [3.8, 4) is 0 Å². The Bertz CT molecular complexity index is 396. The van der Waals surface area contributed by atoms with Crippen molar-refractivity contribution >= 4 is 15.9 Å². The third-order valence-corrected chi connectivity index (χ3v) is 4.93. The molecule has 2 rings (SSSR count). The minimum absolute atomic E-state index is 0.101. The number of hydrogen-bond donors (Lipinski definition) is 0. The van der Waals surface area contributed by atoms with Gasteiger partial charge >= 0.3 is 0 Å². The zero-order chi connectivity index (χ0) is 13.9. The number of rotatable bonds is 4. The molecule has 4 heteroatoms. The summed E-state index contributed by atoms with van der Waals surface area (Å²) < 4.78 is 28.5. The quantitative estimate of drug-likeness (QED) is 0.738. The van der Waals surface area contributed by atoms with Crippen LogP contribution >= 0.6 is 15.9 Å². The fourth-order valence-electron chi connectivity index (χ4n) is 2.77. The van der Waals surface area contributed by atoms with Crippen LogP contribution in [0.5, 0.6) is 0 Å². The van der Waals surface area contributed by atoms with Gasteiger partial charge in [-0.05, 0) is 19.9 Å². The molecule has 0 amide bonds. The van der Waals surface area contributed by atoms with Crippen LogP contribution in [0, 0.1) is 0 Å². The average molecular weight is 332 g/mol. The first-order valence-corrected chi connectivity index (χ1v) is 7.70. The summed E-state index contributed by atoms with van der Waals surface area (Å²) in [6.07, 6.45) is 4.40. The molecule has 2 atom stereocenters. The molecular weight excluding hydrogens is 312 g/mol. The molecule has 0 radical (unpaired) electrons. The van der Waals surface area contributed by atoms with Gasteiger partial charge in [0.1, 0.15) is 0 Å². The first-order valence-electron chi connectivity index (χ1n) is 6.78. The Labute approximate surface area is 122 Å². The number of halogens is 3. The van der Waals surface area contributed by atoms with Crippen molar-refractivity contribution in [3.63, 3.8) is 0 Å². The standard InChI is InChI=1S/C15H20BrF2N/c1-19(14-10-6-5-9-13(14)16)11-15(17,18)12-7-3-2-4-8-12/h2-4,7-8,13-14H,5-6,9-11H2,1H3. The zero-order valence-electron chi connectivity index (χ0n) is 11.2. The molecule has 2 unspecified atom stereocenters. The highest BCUT2D eigenvalue weighted by atomic mass is 79.9. The lowest BCUT2D eigenvalue weighted by molar-refractivity contribution is -0.0433. The summed E-state index contributed by atoms with van der Waals surface area (Å²) in [5.41, 5.74) is 0.101. The fourth-order valence-corrected chi connectivity index (χ4v) is 3.76. The summed E-state index contributed by atoms with van der Waals surface area (Å²) in [4.78, 5) is 2.14. The number of likely N-dealkylation sites (N-methyl/N-ethyl adjacent to an activating group) is 1. The molecule has 0 heterocycles. The Morgan fingerprint density at radius 2 is 1.84 bits per heavy atom. The molecule has 1 aliphatic rings. The first kappa shape index (κ1) is 14.9. The largest absolute Gasteiger partial charge is 0.296 e. The Hall–Kier alpha value is -0.480. The highest BCUT2D eigenvalue weighted by Gasteiger charge is 2.36. The number of alkyl halides is 3. The molecule has 0 aliphatic heterocycles. The molecule has 106 valence electrons. The van der Waals surface area contributed by atoms with E-state index in [-0.39, 0.29) is 18.2 Å². The highest BCUT2D eigenvalue weighted by Crippen LogP contribution is 2.33. The van der Waals surface area contributed by atoms with Gasteiger partial charge in [0, 0.05) is 16.4 Å². The van der Waals surface area contributed by atoms with Gasteiger partial charge in [-0.25, -0.2) is 0 Å². The maximum absolute atomic E-state index is 14.2. The van der Waals surface area contributed by atoms with Crippen LogP contribution in [-0.4, -0.2) is 29.4 Å². The summed E-state index contributed by atoms with van der Waals surface area (Å²) in [5.74, 6) is -2.79. The molecule has 0 saturated heterocycles. The van der Waals surface area contributed by atoms with Gasteiger partial charge < -0.3 is 0 Å². The van der Waals surface area contributed by atoms with Gasteiger partial charge in [-0.15, -0.1) is 0 Å². The molecule has 1 aromatic rings. The lowest BCUT2D eigenvalue weighted by Gasteiger charge is -2.37. The molecule has 1 nitrogen and oxygen atoms in total. The molecule has 1 aliphatic carbocycles. The van der Waals surface area contributed by atoms with Crippen molar-refractivity contribution < 1.29 is 8.78 Å². The van der Waals surface area contributed by atoms with E-state index in [1.165, 1.54) is 18.6 Å². The smallest absolute Gasteiger partial charge is 0.285 e.